The molecule has 1 atom stereocenters. The fourth-order valence-electron chi connectivity index (χ4n) is 4.84. The number of hydrogen-bond acceptors (Lipinski definition) is 4. The number of hydrogen-bond donors (Lipinski definition) is 1. The predicted molar refractivity (Wildman–Crippen MR) is 161 cm³/mol. The van der Waals surface area contributed by atoms with Crippen LogP contribution in [0.15, 0.2) is 72.8 Å². The van der Waals surface area contributed by atoms with E-state index in [0.29, 0.717) is 27.8 Å². The summed E-state index contributed by atoms with van der Waals surface area (Å²) in [6.45, 7) is 0.149. The van der Waals surface area contributed by atoms with Gasteiger partial charge in [-0.3, -0.25) is 9.59 Å². The molecule has 0 saturated heterocycles. The summed E-state index contributed by atoms with van der Waals surface area (Å²) in [6, 6.07) is 22.3. The van der Waals surface area contributed by atoms with Crippen molar-refractivity contribution in [3.8, 4) is 5.75 Å². The zero-order valence-corrected chi connectivity index (χ0v) is 24.4. The first-order chi connectivity index (χ1) is 18.9. The normalized spacial score (nSPS) is 14.1. The van der Waals surface area contributed by atoms with E-state index in [9.17, 15) is 9.59 Å². The molecule has 0 radical (unpaired) electrons. The Morgan fingerprint density at radius 1 is 0.949 bits per heavy atom. The molecular formula is C31H34Cl2N2O3S. The number of thioether (sulfide) groups is 1. The van der Waals surface area contributed by atoms with Gasteiger partial charge in [0, 0.05) is 40.4 Å². The van der Waals surface area contributed by atoms with Crippen molar-refractivity contribution in [2.45, 2.75) is 56.5 Å². The zero-order valence-electron chi connectivity index (χ0n) is 22.1. The number of amides is 2. The molecule has 4 rings (SSSR count). The zero-order chi connectivity index (χ0) is 27.6. The predicted octanol–water partition coefficient (Wildman–Crippen LogP) is 6.93. The third kappa shape index (κ3) is 8.41. The lowest BCUT2D eigenvalue weighted by molar-refractivity contribution is -0.139. The Kier molecular flexibility index (Phi) is 11.0. The molecule has 0 aliphatic heterocycles. The first kappa shape index (κ1) is 29.3. The number of carbonyl (C=O) groups is 2. The third-order valence-electron chi connectivity index (χ3n) is 7.02. The topological polar surface area (TPSA) is 58.6 Å². The van der Waals surface area contributed by atoms with Crippen LogP contribution in [0.4, 0.5) is 0 Å². The van der Waals surface area contributed by atoms with Crippen LogP contribution >= 0.6 is 35.0 Å². The number of ether oxygens (including phenoxy) is 1. The summed E-state index contributed by atoms with van der Waals surface area (Å²) in [5.74, 6) is 1.40. The highest BCUT2D eigenvalue weighted by atomic mass is 35.5. The minimum atomic E-state index is -0.700. The van der Waals surface area contributed by atoms with Gasteiger partial charge in [0.15, 0.2) is 0 Å². The van der Waals surface area contributed by atoms with Gasteiger partial charge in [0.1, 0.15) is 11.8 Å². The quantitative estimate of drug-likeness (QED) is 0.250. The summed E-state index contributed by atoms with van der Waals surface area (Å²) in [4.78, 5) is 29.3. The van der Waals surface area contributed by atoms with E-state index in [1.54, 1.807) is 30.2 Å². The molecule has 1 aliphatic rings. The van der Waals surface area contributed by atoms with E-state index in [-0.39, 0.29) is 30.2 Å². The van der Waals surface area contributed by atoms with Crippen LogP contribution in [0.1, 0.15) is 42.4 Å². The van der Waals surface area contributed by atoms with Crippen LogP contribution in [-0.4, -0.2) is 41.7 Å². The maximum absolute atomic E-state index is 13.9. The van der Waals surface area contributed by atoms with Crippen molar-refractivity contribution in [2.24, 2.45) is 0 Å². The summed E-state index contributed by atoms with van der Waals surface area (Å²) in [5.41, 5.74) is 2.72. The fourth-order valence-corrected chi connectivity index (χ4v) is 6.22. The molecule has 0 aromatic heterocycles. The van der Waals surface area contributed by atoms with Gasteiger partial charge in [-0.15, -0.1) is 11.8 Å². The number of methoxy groups -OCH3 is 1. The second-order valence-electron chi connectivity index (χ2n) is 9.76. The first-order valence-corrected chi connectivity index (χ1v) is 15.1. The van der Waals surface area contributed by atoms with Crippen LogP contribution in [0.3, 0.4) is 0 Å². The molecule has 3 aromatic carbocycles. The van der Waals surface area contributed by atoms with Crippen molar-refractivity contribution in [3.63, 3.8) is 0 Å². The highest BCUT2D eigenvalue weighted by molar-refractivity contribution is 7.99. The molecule has 206 valence electrons. The fraction of sp³-hybridized carbons (Fsp3) is 0.355. The van der Waals surface area contributed by atoms with Gasteiger partial charge in [-0.2, -0.15) is 0 Å². The first-order valence-electron chi connectivity index (χ1n) is 13.2. The van der Waals surface area contributed by atoms with E-state index < -0.39 is 6.04 Å². The van der Waals surface area contributed by atoms with Gasteiger partial charge in [0.2, 0.25) is 11.8 Å². The Hall–Kier alpha value is -2.67. The Bertz CT molecular complexity index is 1210. The molecule has 1 fully saturated rings. The largest absolute Gasteiger partial charge is 0.497 e. The molecule has 0 spiro atoms. The van der Waals surface area contributed by atoms with Gasteiger partial charge in [0.05, 0.1) is 12.9 Å². The second kappa shape index (κ2) is 14.6. The minimum Gasteiger partial charge on any atom is -0.497 e. The summed E-state index contributed by atoms with van der Waals surface area (Å²) in [5, 5.41) is 4.17. The molecule has 39 heavy (non-hydrogen) atoms. The molecule has 1 aliphatic carbocycles. The Labute approximate surface area is 245 Å². The molecule has 0 unspecified atom stereocenters. The van der Waals surface area contributed by atoms with E-state index in [0.717, 1.165) is 42.6 Å². The molecule has 2 amide bonds. The van der Waals surface area contributed by atoms with Crippen molar-refractivity contribution < 1.29 is 14.3 Å². The van der Waals surface area contributed by atoms with Crippen molar-refractivity contribution in [2.75, 3.05) is 12.9 Å². The Morgan fingerprint density at radius 3 is 2.26 bits per heavy atom. The van der Waals surface area contributed by atoms with Gasteiger partial charge >= 0.3 is 0 Å². The van der Waals surface area contributed by atoms with Gasteiger partial charge < -0.3 is 15.0 Å². The summed E-state index contributed by atoms with van der Waals surface area (Å²) in [6.07, 6.45) is 4.54. The molecule has 1 N–H and O–H groups in total. The second-order valence-corrected chi connectivity index (χ2v) is 11.6. The van der Waals surface area contributed by atoms with Crippen molar-refractivity contribution in [3.05, 3.63) is 99.5 Å². The summed E-state index contributed by atoms with van der Waals surface area (Å²) in [7, 11) is 1.64. The van der Waals surface area contributed by atoms with Crippen molar-refractivity contribution >= 4 is 46.8 Å². The minimum absolute atomic E-state index is 0.132. The Balaban J connectivity index is 1.58. The highest BCUT2D eigenvalue weighted by Crippen LogP contribution is 2.28. The molecule has 5 nitrogen and oxygen atoms in total. The number of benzene rings is 3. The molecule has 0 heterocycles. The van der Waals surface area contributed by atoms with E-state index in [1.807, 2.05) is 54.6 Å². The lowest BCUT2D eigenvalue weighted by atomic mass is 10.0. The standard InChI is InChI=1S/C31H34Cl2N2O3S/c1-38-25-16-14-23(15-17-25)20-39-21-30(36)35(19-26-27(32)12-7-13-28(26)33)29(18-22-8-3-2-4-9-22)31(37)34-24-10-5-6-11-24/h2-4,7-9,12-17,24,29H,5-6,10-11,18-21H2,1H3,(H,34,37)/t29-/m0/s1. The monoisotopic (exact) mass is 584 g/mol. The van der Waals surface area contributed by atoms with Crippen LogP contribution in [-0.2, 0) is 28.3 Å². The van der Waals surface area contributed by atoms with Crippen LogP contribution in [0.25, 0.3) is 0 Å². The number of halogens is 2. The third-order valence-corrected chi connectivity index (χ3v) is 8.71. The smallest absolute Gasteiger partial charge is 0.243 e. The summed E-state index contributed by atoms with van der Waals surface area (Å²) >= 11 is 14.6. The molecule has 3 aromatic rings. The van der Waals surface area contributed by atoms with E-state index in [4.69, 9.17) is 27.9 Å². The Morgan fingerprint density at radius 2 is 1.62 bits per heavy atom. The molecular weight excluding hydrogens is 551 g/mol. The van der Waals surface area contributed by atoms with E-state index in [2.05, 4.69) is 5.32 Å². The lowest BCUT2D eigenvalue weighted by Gasteiger charge is -2.33. The van der Waals surface area contributed by atoms with Crippen LogP contribution < -0.4 is 10.1 Å². The van der Waals surface area contributed by atoms with Crippen LogP contribution in [0.2, 0.25) is 10.0 Å². The highest BCUT2D eigenvalue weighted by Gasteiger charge is 2.32. The maximum Gasteiger partial charge on any atom is 0.243 e. The van der Waals surface area contributed by atoms with E-state index in [1.165, 1.54) is 11.8 Å². The van der Waals surface area contributed by atoms with Crippen LogP contribution in [0, 0.1) is 0 Å². The molecule has 1 saturated carbocycles. The molecule has 0 bridgehead atoms. The van der Waals surface area contributed by atoms with Gasteiger partial charge in [-0.1, -0.05) is 84.6 Å². The SMILES string of the molecule is COc1ccc(CSCC(=O)N(Cc2c(Cl)cccc2Cl)[C@@H](Cc2ccccc2)C(=O)NC2CCCC2)cc1. The number of carbonyl (C=O) groups excluding carboxylic acids is 2. The maximum atomic E-state index is 13.9. The number of rotatable bonds is 12. The average Bonchev–Trinajstić information content (AvgIpc) is 3.46. The van der Waals surface area contributed by atoms with Gasteiger partial charge in [0.25, 0.3) is 0 Å². The lowest BCUT2D eigenvalue weighted by Crippen LogP contribution is -2.52. The van der Waals surface area contributed by atoms with E-state index >= 15 is 0 Å². The summed E-state index contributed by atoms with van der Waals surface area (Å²) < 4.78 is 5.24. The van der Waals surface area contributed by atoms with Crippen molar-refractivity contribution in [1.82, 2.24) is 10.2 Å². The molecule has 8 heteroatoms. The van der Waals surface area contributed by atoms with Gasteiger partial charge in [-0.25, -0.2) is 0 Å². The van der Waals surface area contributed by atoms with Crippen LogP contribution in [0.5, 0.6) is 5.75 Å². The van der Waals surface area contributed by atoms with Gasteiger partial charge in [-0.05, 0) is 48.2 Å². The number of nitrogens with one attached hydrogen (secondary N) is 1. The average molecular weight is 586 g/mol. The number of nitrogens with zero attached hydrogens (tertiary/aromatic N) is 1. The van der Waals surface area contributed by atoms with Crippen molar-refractivity contribution in [1.29, 1.82) is 0 Å².